The van der Waals surface area contributed by atoms with E-state index in [-0.39, 0.29) is 11.5 Å². The van der Waals surface area contributed by atoms with E-state index in [0.29, 0.717) is 28.0 Å². The first kappa shape index (κ1) is 25.4. The molecule has 34 heavy (non-hydrogen) atoms. The summed E-state index contributed by atoms with van der Waals surface area (Å²) in [6, 6.07) is 17.8. The SMILES string of the molecule is COc1cc(NC(=O)COc2ccc(S(=O)(=O)N[C@@H](C)c3ccccc3)cc2)c(OC)cc1Cl. The summed E-state index contributed by atoms with van der Waals surface area (Å²) in [5.41, 5.74) is 1.23. The molecular formula is C24H25ClN2O6S. The molecule has 0 fully saturated rings. The van der Waals surface area contributed by atoms with Crippen molar-refractivity contribution in [3.05, 3.63) is 77.3 Å². The molecule has 0 heterocycles. The maximum absolute atomic E-state index is 12.7. The highest BCUT2D eigenvalue weighted by Crippen LogP contribution is 2.35. The van der Waals surface area contributed by atoms with E-state index in [1.54, 1.807) is 13.0 Å². The lowest BCUT2D eigenvalue weighted by molar-refractivity contribution is -0.118. The highest BCUT2D eigenvalue weighted by molar-refractivity contribution is 7.89. The summed E-state index contributed by atoms with van der Waals surface area (Å²) in [7, 11) is -0.820. The molecule has 10 heteroatoms. The van der Waals surface area contributed by atoms with Crippen LogP contribution in [0.15, 0.2) is 71.6 Å². The lowest BCUT2D eigenvalue weighted by Crippen LogP contribution is -2.26. The summed E-state index contributed by atoms with van der Waals surface area (Å²) in [6.45, 7) is 1.47. The number of amides is 1. The molecule has 0 aromatic heterocycles. The highest BCUT2D eigenvalue weighted by atomic mass is 35.5. The first-order valence-corrected chi connectivity index (χ1v) is 12.1. The minimum atomic E-state index is -3.74. The van der Waals surface area contributed by atoms with Gasteiger partial charge in [-0.1, -0.05) is 41.9 Å². The van der Waals surface area contributed by atoms with Gasteiger partial charge in [0.1, 0.15) is 17.2 Å². The van der Waals surface area contributed by atoms with Gasteiger partial charge in [0, 0.05) is 18.2 Å². The van der Waals surface area contributed by atoms with Gasteiger partial charge in [0.2, 0.25) is 10.0 Å². The molecule has 0 bridgehead atoms. The molecule has 0 radical (unpaired) electrons. The first-order valence-electron chi connectivity index (χ1n) is 10.2. The van der Waals surface area contributed by atoms with Gasteiger partial charge in [-0.25, -0.2) is 13.1 Å². The monoisotopic (exact) mass is 504 g/mol. The Balaban J connectivity index is 1.60. The van der Waals surface area contributed by atoms with Gasteiger partial charge in [0.15, 0.2) is 6.61 Å². The number of anilines is 1. The van der Waals surface area contributed by atoms with Crippen molar-refractivity contribution in [3.8, 4) is 17.2 Å². The van der Waals surface area contributed by atoms with Gasteiger partial charge < -0.3 is 19.5 Å². The molecule has 0 saturated carbocycles. The molecule has 1 atom stereocenters. The summed E-state index contributed by atoms with van der Waals surface area (Å²) in [6.07, 6.45) is 0. The minimum Gasteiger partial charge on any atom is -0.495 e. The van der Waals surface area contributed by atoms with Crippen LogP contribution in [-0.2, 0) is 14.8 Å². The van der Waals surface area contributed by atoms with Crippen molar-refractivity contribution in [1.82, 2.24) is 4.72 Å². The standard InChI is InChI=1S/C24H25ClN2O6S/c1-16(17-7-5-4-6-8-17)27-34(29,30)19-11-9-18(10-12-19)33-15-24(28)26-21-14-22(31-2)20(25)13-23(21)32-3/h4-14,16,27H,15H2,1-3H3,(H,26,28)/t16-/m0/s1. The second-order valence-corrected chi connectivity index (χ2v) is 9.37. The number of sulfonamides is 1. The average Bonchev–Trinajstić information content (AvgIpc) is 2.84. The van der Waals surface area contributed by atoms with Crippen LogP contribution in [0.1, 0.15) is 18.5 Å². The van der Waals surface area contributed by atoms with Crippen LogP contribution in [0, 0.1) is 0 Å². The number of ether oxygens (including phenoxy) is 3. The molecule has 3 aromatic rings. The normalized spacial score (nSPS) is 12.0. The smallest absolute Gasteiger partial charge is 0.262 e. The quantitative estimate of drug-likeness (QED) is 0.424. The third-order valence-electron chi connectivity index (χ3n) is 4.88. The number of benzene rings is 3. The second-order valence-electron chi connectivity index (χ2n) is 7.25. The topological polar surface area (TPSA) is 103 Å². The highest BCUT2D eigenvalue weighted by Gasteiger charge is 2.18. The van der Waals surface area contributed by atoms with Crippen molar-refractivity contribution in [2.24, 2.45) is 0 Å². The number of halogens is 1. The van der Waals surface area contributed by atoms with Crippen molar-refractivity contribution in [3.63, 3.8) is 0 Å². The second kappa shape index (κ2) is 11.2. The molecule has 2 N–H and O–H groups in total. The number of carbonyl (C=O) groups excluding carboxylic acids is 1. The van der Waals surface area contributed by atoms with Crippen LogP contribution in [0.25, 0.3) is 0 Å². The van der Waals surface area contributed by atoms with E-state index in [1.165, 1.54) is 44.6 Å². The molecule has 8 nitrogen and oxygen atoms in total. The van der Waals surface area contributed by atoms with Gasteiger partial charge in [-0.2, -0.15) is 0 Å². The molecule has 3 aromatic carbocycles. The van der Waals surface area contributed by atoms with E-state index in [4.69, 9.17) is 25.8 Å². The van der Waals surface area contributed by atoms with Crippen molar-refractivity contribution in [2.45, 2.75) is 17.9 Å². The van der Waals surface area contributed by atoms with Gasteiger partial charge >= 0.3 is 0 Å². The fourth-order valence-corrected chi connectivity index (χ4v) is 4.58. The molecule has 0 spiro atoms. The van der Waals surface area contributed by atoms with E-state index >= 15 is 0 Å². The minimum absolute atomic E-state index is 0.0880. The lowest BCUT2D eigenvalue weighted by Gasteiger charge is -2.15. The van der Waals surface area contributed by atoms with Crippen LogP contribution in [0.3, 0.4) is 0 Å². The van der Waals surface area contributed by atoms with Crippen LogP contribution in [0.5, 0.6) is 17.2 Å². The lowest BCUT2D eigenvalue weighted by atomic mass is 10.1. The number of carbonyl (C=O) groups is 1. The largest absolute Gasteiger partial charge is 0.495 e. The van der Waals surface area contributed by atoms with E-state index in [0.717, 1.165) is 5.56 Å². The van der Waals surface area contributed by atoms with Crippen LogP contribution < -0.4 is 24.2 Å². The van der Waals surface area contributed by atoms with Crippen LogP contribution in [-0.4, -0.2) is 35.2 Å². The third-order valence-corrected chi connectivity index (χ3v) is 6.74. The Labute approximate surface area is 203 Å². The van der Waals surface area contributed by atoms with Gasteiger partial charge in [0.25, 0.3) is 5.91 Å². The van der Waals surface area contributed by atoms with Gasteiger partial charge in [0.05, 0.1) is 29.8 Å². The summed E-state index contributed by atoms with van der Waals surface area (Å²) < 4.78 is 43.9. The van der Waals surface area contributed by atoms with Crippen LogP contribution in [0.4, 0.5) is 5.69 Å². The Morgan fingerprint density at radius 3 is 2.24 bits per heavy atom. The Hall–Kier alpha value is -3.27. The zero-order valence-corrected chi connectivity index (χ0v) is 20.4. The summed E-state index contributed by atoms with van der Waals surface area (Å²) in [4.78, 5) is 12.4. The molecule has 0 aliphatic heterocycles. The van der Waals surface area contributed by atoms with E-state index in [2.05, 4.69) is 10.0 Å². The Morgan fingerprint density at radius 1 is 0.971 bits per heavy atom. The number of nitrogens with one attached hydrogen (secondary N) is 2. The zero-order valence-electron chi connectivity index (χ0n) is 18.9. The van der Waals surface area contributed by atoms with Gasteiger partial charge in [-0.05, 0) is 36.8 Å². The molecule has 0 saturated heterocycles. The zero-order chi connectivity index (χ0) is 24.7. The first-order chi connectivity index (χ1) is 16.2. The van der Waals surface area contributed by atoms with Gasteiger partial charge in [-0.3, -0.25) is 4.79 Å². The number of rotatable bonds is 10. The number of methoxy groups -OCH3 is 2. The number of hydrogen-bond acceptors (Lipinski definition) is 6. The van der Waals surface area contributed by atoms with Crippen molar-refractivity contribution >= 4 is 33.2 Å². The van der Waals surface area contributed by atoms with E-state index < -0.39 is 22.0 Å². The predicted octanol–water partition coefficient (Wildman–Crippen LogP) is 4.41. The van der Waals surface area contributed by atoms with Crippen LogP contribution >= 0.6 is 11.6 Å². The molecule has 0 aliphatic rings. The van der Waals surface area contributed by atoms with Crippen molar-refractivity contribution in [1.29, 1.82) is 0 Å². The summed E-state index contributed by atoms with van der Waals surface area (Å²) >= 11 is 6.07. The van der Waals surface area contributed by atoms with Crippen molar-refractivity contribution < 1.29 is 27.4 Å². The fourth-order valence-electron chi connectivity index (χ4n) is 3.12. The average molecular weight is 505 g/mol. The fraction of sp³-hybridized carbons (Fsp3) is 0.208. The summed E-state index contributed by atoms with van der Waals surface area (Å²) in [5.74, 6) is 0.639. The van der Waals surface area contributed by atoms with Crippen molar-refractivity contribution in [2.75, 3.05) is 26.1 Å². The predicted molar refractivity (Wildman–Crippen MR) is 130 cm³/mol. The molecule has 1 amide bonds. The molecule has 0 aliphatic carbocycles. The van der Waals surface area contributed by atoms with E-state index in [1.807, 2.05) is 30.3 Å². The number of hydrogen-bond donors (Lipinski definition) is 2. The molecular weight excluding hydrogens is 480 g/mol. The van der Waals surface area contributed by atoms with E-state index in [9.17, 15) is 13.2 Å². The maximum atomic E-state index is 12.7. The van der Waals surface area contributed by atoms with Crippen LogP contribution in [0.2, 0.25) is 5.02 Å². The maximum Gasteiger partial charge on any atom is 0.262 e. The molecule has 0 unspecified atom stereocenters. The third kappa shape index (κ3) is 6.40. The van der Waals surface area contributed by atoms with Gasteiger partial charge in [-0.15, -0.1) is 0 Å². The summed E-state index contributed by atoms with van der Waals surface area (Å²) in [5, 5.41) is 3.02. The Kier molecular flexibility index (Phi) is 8.38. The molecule has 180 valence electrons. The Morgan fingerprint density at radius 2 is 1.62 bits per heavy atom. The Bertz CT molecular complexity index is 1230. The molecule has 3 rings (SSSR count).